The van der Waals surface area contributed by atoms with Gasteiger partial charge < -0.3 is 5.73 Å². The molecular weight excluding hydrogens is 291 g/mol. The molecule has 0 saturated carbocycles. The third-order valence-electron chi connectivity index (χ3n) is 3.39. The molecule has 0 heterocycles. The van der Waals surface area contributed by atoms with Gasteiger partial charge in [-0.05, 0) is 43.2 Å². The van der Waals surface area contributed by atoms with Gasteiger partial charge in [0.25, 0.3) is 10.0 Å². The summed E-state index contributed by atoms with van der Waals surface area (Å²) in [6, 6.07) is 9.44. The molecule has 112 valence electrons. The van der Waals surface area contributed by atoms with Crippen molar-refractivity contribution in [2.45, 2.75) is 18.7 Å². The third-order valence-corrected chi connectivity index (χ3v) is 5.30. The Kier molecular flexibility index (Phi) is 3.91. The molecule has 0 saturated heterocycles. The van der Waals surface area contributed by atoms with Crippen molar-refractivity contribution in [3.05, 3.63) is 53.3 Å². The second-order valence-corrected chi connectivity index (χ2v) is 6.84. The summed E-state index contributed by atoms with van der Waals surface area (Å²) in [5.74, 6) is -0.620. The van der Waals surface area contributed by atoms with Crippen molar-refractivity contribution in [3.8, 4) is 0 Å². The monoisotopic (exact) mass is 308 g/mol. The van der Waals surface area contributed by atoms with Crippen LogP contribution in [0.4, 0.5) is 15.8 Å². The van der Waals surface area contributed by atoms with E-state index in [0.29, 0.717) is 11.3 Å². The maximum Gasteiger partial charge on any atom is 0.264 e. The minimum atomic E-state index is -3.80. The molecule has 0 fully saturated rings. The number of nitrogen functional groups attached to an aromatic ring is 1. The number of anilines is 2. The lowest BCUT2D eigenvalue weighted by Crippen LogP contribution is -2.28. The molecule has 0 unspecified atom stereocenters. The summed E-state index contributed by atoms with van der Waals surface area (Å²) in [7, 11) is -2.33. The minimum absolute atomic E-state index is 0.00662. The van der Waals surface area contributed by atoms with Crippen LogP contribution in [0.1, 0.15) is 11.1 Å². The van der Waals surface area contributed by atoms with Gasteiger partial charge in [-0.3, -0.25) is 4.31 Å². The van der Waals surface area contributed by atoms with Crippen LogP contribution in [0.15, 0.2) is 41.3 Å². The minimum Gasteiger partial charge on any atom is -0.396 e. The van der Waals surface area contributed by atoms with Crippen LogP contribution in [-0.2, 0) is 10.0 Å². The number of rotatable bonds is 3. The Morgan fingerprint density at radius 1 is 1.10 bits per heavy atom. The zero-order chi connectivity index (χ0) is 15.8. The van der Waals surface area contributed by atoms with Gasteiger partial charge in [-0.1, -0.05) is 18.2 Å². The number of para-hydroxylation sites is 1. The number of hydrogen-bond donors (Lipinski definition) is 1. The molecule has 2 aromatic carbocycles. The van der Waals surface area contributed by atoms with Gasteiger partial charge in [0.05, 0.1) is 16.3 Å². The number of aryl methyl sites for hydroxylation is 2. The van der Waals surface area contributed by atoms with E-state index in [1.807, 2.05) is 19.1 Å². The fraction of sp³-hybridized carbons (Fsp3) is 0.200. The van der Waals surface area contributed by atoms with Crippen LogP contribution in [0.3, 0.4) is 0 Å². The molecule has 0 aliphatic heterocycles. The van der Waals surface area contributed by atoms with E-state index in [0.717, 1.165) is 17.7 Å². The van der Waals surface area contributed by atoms with Crippen LogP contribution >= 0.6 is 0 Å². The molecule has 4 nitrogen and oxygen atoms in total. The highest BCUT2D eigenvalue weighted by Gasteiger charge is 2.25. The first-order chi connectivity index (χ1) is 9.75. The normalized spacial score (nSPS) is 11.4. The van der Waals surface area contributed by atoms with Crippen molar-refractivity contribution < 1.29 is 12.8 Å². The molecule has 0 aliphatic rings. The first kappa shape index (κ1) is 15.3. The van der Waals surface area contributed by atoms with Crippen LogP contribution in [0.2, 0.25) is 0 Å². The number of benzene rings is 2. The molecule has 0 amide bonds. The van der Waals surface area contributed by atoms with Gasteiger partial charge in [0.1, 0.15) is 5.82 Å². The fourth-order valence-electron chi connectivity index (χ4n) is 2.14. The molecule has 0 atom stereocenters. The Morgan fingerprint density at radius 2 is 1.71 bits per heavy atom. The Bertz CT molecular complexity index is 788. The molecule has 0 bridgehead atoms. The van der Waals surface area contributed by atoms with E-state index < -0.39 is 15.8 Å². The van der Waals surface area contributed by atoms with Gasteiger partial charge in [0.15, 0.2) is 0 Å². The zero-order valence-corrected chi connectivity index (χ0v) is 12.9. The lowest BCUT2D eigenvalue weighted by atomic mass is 10.2. The van der Waals surface area contributed by atoms with Gasteiger partial charge >= 0.3 is 0 Å². The Morgan fingerprint density at radius 3 is 2.33 bits per heavy atom. The van der Waals surface area contributed by atoms with E-state index >= 15 is 0 Å². The average molecular weight is 308 g/mol. The second-order valence-electron chi connectivity index (χ2n) is 4.90. The highest BCUT2D eigenvalue weighted by molar-refractivity contribution is 7.92. The summed E-state index contributed by atoms with van der Waals surface area (Å²) in [6.07, 6.45) is 0. The van der Waals surface area contributed by atoms with E-state index in [1.165, 1.54) is 11.4 Å². The van der Waals surface area contributed by atoms with E-state index in [1.54, 1.807) is 19.1 Å². The number of nitrogens with two attached hydrogens (primary N) is 1. The van der Waals surface area contributed by atoms with Crippen molar-refractivity contribution in [2.24, 2.45) is 0 Å². The summed E-state index contributed by atoms with van der Waals surface area (Å²) in [5.41, 5.74) is 7.03. The lowest BCUT2D eigenvalue weighted by molar-refractivity contribution is 0.592. The molecule has 0 aliphatic carbocycles. The van der Waals surface area contributed by atoms with Crippen molar-refractivity contribution >= 4 is 21.4 Å². The van der Waals surface area contributed by atoms with Crippen LogP contribution in [0, 0.1) is 19.7 Å². The fourth-order valence-corrected chi connectivity index (χ4v) is 3.64. The topological polar surface area (TPSA) is 63.4 Å². The second kappa shape index (κ2) is 5.37. The summed E-state index contributed by atoms with van der Waals surface area (Å²) < 4.78 is 40.0. The summed E-state index contributed by atoms with van der Waals surface area (Å²) in [4.78, 5) is 0.00662. The Hall–Kier alpha value is -2.08. The van der Waals surface area contributed by atoms with Crippen molar-refractivity contribution in [2.75, 3.05) is 17.1 Å². The molecule has 21 heavy (non-hydrogen) atoms. The summed E-state index contributed by atoms with van der Waals surface area (Å²) >= 11 is 0. The number of nitrogens with zero attached hydrogens (tertiary/aromatic N) is 1. The van der Waals surface area contributed by atoms with Crippen molar-refractivity contribution in [1.82, 2.24) is 0 Å². The molecule has 6 heteroatoms. The van der Waals surface area contributed by atoms with Gasteiger partial charge in [0, 0.05) is 7.05 Å². The van der Waals surface area contributed by atoms with E-state index in [-0.39, 0.29) is 10.6 Å². The average Bonchev–Trinajstić information content (AvgIpc) is 2.42. The van der Waals surface area contributed by atoms with Crippen LogP contribution < -0.4 is 10.0 Å². The SMILES string of the molecule is Cc1ccccc1N(C)S(=O)(=O)c1cc(N)c(F)cc1C. The Labute approximate surface area is 124 Å². The summed E-state index contributed by atoms with van der Waals surface area (Å²) in [5, 5.41) is 0. The van der Waals surface area contributed by atoms with Crippen LogP contribution in [0.25, 0.3) is 0 Å². The molecule has 2 N–H and O–H groups in total. The summed E-state index contributed by atoms with van der Waals surface area (Å²) in [6.45, 7) is 3.37. The smallest absolute Gasteiger partial charge is 0.264 e. The quantitative estimate of drug-likeness (QED) is 0.887. The predicted octanol–water partition coefficient (Wildman–Crippen LogP) is 2.85. The third kappa shape index (κ3) is 2.71. The van der Waals surface area contributed by atoms with Crippen molar-refractivity contribution in [1.29, 1.82) is 0 Å². The standard InChI is InChI=1S/C15H17FN2O2S/c1-10-6-4-5-7-14(10)18(3)21(19,20)15-9-13(17)12(16)8-11(15)2/h4-9H,17H2,1-3H3. The van der Waals surface area contributed by atoms with E-state index in [9.17, 15) is 12.8 Å². The largest absolute Gasteiger partial charge is 0.396 e. The van der Waals surface area contributed by atoms with Gasteiger partial charge in [-0.25, -0.2) is 12.8 Å². The number of hydrogen-bond acceptors (Lipinski definition) is 3. The maximum atomic E-state index is 13.4. The van der Waals surface area contributed by atoms with E-state index in [2.05, 4.69) is 0 Å². The van der Waals surface area contributed by atoms with Gasteiger partial charge in [-0.2, -0.15) is 0 Å². The van der Waals surface area contributed by atoms with Crippen LogP contribution in [-0.4, -0.2) is 15.5 Å². The molecular formula is C15H17FN2O2S. The maximum absolute atomic E-state index is 13.4. The first-order valence-corrected chi connectivity index (χ1v) is 7.79. The first-order valence-electron chi connectivity index (χ1n) is 6.35. The lowest BCUT2D eigenvalue weighted by Gasteiger charge is -2.22. The Balaban J connectivity index is 2.58. The number of halogens is 1. The van der Waals surface area contributed by atoms with Gasteiger partial charge in [0.2, 0.25) is 0 Å². The molecule has 2 aromatic rings. The molecule has 0 spiro atoms. The highest BCUT2D eigenvalue weighted by atomic mass is 32.2. The molecule has 0 aromatic heterocycles. The van der Waals surface area contributed by atoms with Gasteiger partial charge in [-0.15, -0.1) is 0 Å². The zero-order valence-electron chi connectivity index (χ0n) is 12.1. The van der Waals surface area contributed by atoms with E-state index in [4.69, 9.17) is 5.73 Å². The van der Waals surface area contributed by atoms with Crippen molar-refractivity contribution in [3.63, 3.8) is 0 Å². The molecule has 2 rings (SSSR count). The highest BCUT2D eigenvalue weighted by Crippen LogP contribution is 2.28. The molecule has 0 radical (unpaired) electrons. The predicted molar refractivity (Wildman–Crippen MR) is 82.3 cm³/mol. The van der Waals surface area contributed by atoms with Crippen LogP contribution in [0.5, 0.6) is 0 Å². The number of sulfonamides is 1.